The van der Waals surface area contributed by atoms with E-state index < -0.39 is 0 Å². The molecule has 0 aliphatic carbocycles. The average Bonchev–Trinajstić information content (AvgIpc) is 2.36. The first-order valence-corrected chi connectivity index (χ1v) is 9.83. The van der Waals surface area contributed by atoms with Gasteiger partial charge in [0, 0.05) is 19.1 Å². The molecule has 0 N–H and O–H groups in total. The van der Waals surface area contributed by atoms with E-state index in [1.807, 2.05) is 0 Å². The molecule has 4 heteroatoms. The van der Waals surface area contributed by atoms with Gasteiger partial charge in [0.05, 0.1) is 6.04 Å². The normalized spacial score (nSPS) is 28.7. The Morgan fingerprint density at radius 1 is 1.15 bits per heavy atom. The van der Waals surface area contributed by atoms with E-state index in [-0.39, 0.29) is 8.07 Å². The summed E-state index contributed by atoms with van der Waals surface area (Å²) < 4.78 is 2.72. The van der Waals surface area contributed by atoms with Crippen LogP contribution < -0.4 is 0 Å². The van der Waals surface area contributed by atoms with E-state index in [9.17, 15) is 0 Å². The van der Waals surface area contributed by atoms with Gasteiger partial charge in [0.25, 0.3) is 0 Å². The molecule has 2 aliphatic rings. The van der Waals surface area contributed by atoms with Crippen LogP contribution in [0.5, 0.6) is 0 Å². The Morgan fingerprint density at radius 3 is 2.40 bits per heavy atom. The molecule has 0 saturated carbocycles. The number of rotatable bonds is 4. The first-order valence-electron chi connectivity index (χ1n) is 8.28. The van der Waals surface area contributed by atoms with Crippen molar-refractivity contribution in [2.45, 2.75) is 72.1 Å². The molecule has 3 atom stereocenters. The minimum absolute atomic E-state index is 0.118. The lowest BCUT2D eigenvalue weighted by Gasteiger charge is -2.50. The Morgan fingerprint density at radius 2 is 1.80 bits per heavy atom. The van der Waals surface area contributed by atoms with Gasteiger partial charge >= 0.3 is 0 Å². The van der Waals surface area contributed by atoms with E-state index >= 15 is 0 Å². The molecule has 1 unspecified atom stereocenters. The summed E-state index contributed by atoms with van der Waals surface area (Å²) in [4.78, 5) is 7.57. The van der Waals surface area contributed by atoms with Gasteiger partial charge < -0.3 is 9.57 Å². The smallest absolute Gasteiger partial charge is 0.200 e. The molecular weight excluding hydrogens is 265 g/mol. The highest BCUT2D eigenvalue weighted by molar-refractivity contribution is 7.56. The second-order valence-electron chi connectivity index (χ2n) is 7.15. The Kier molecular flexibility index (Phi) is 5.34. The molecule has 0 aromatic rings. The molecule has 20 heavy (non-hydrogen) atoms. The second-order valence-corrected chi connectivity index (χ2v) is 9.85. The summed E-state index contributed by atoms with van der Waals surface area (Å²) in [6.07, 6.45) is 3.84. The zero-order chi connectivity index (χ0) is 14.9. The van der Waals surface area contributed by atoms with Crippen molar-refractivity contribution in [1.82, 2.24) is 9.57 Å². The fraction of sp³-hybridized carbons (Fsp3) is 0.938. The molecular formula is C16H32N3P. The van der Waals surface area contributed by atoms with Crippen molar-refractivity contribution in [3.63, 3.8) is 0 Å². The standard InChI is InChI=1S/C16H32N3P/c1-12(2)11-20(13(3)4)19-15(6)8-10-18-9-7-14(5)17-16(18)19/h12-15H,7-11H2,1-6H3/t14-,15-,20?/m0/s1. The third kappa shape index (κ3) is 3.47. The van der Waals surface area contributed by atoms with Crippen LogP contribution in [-0.4, -0.2) is 52.5 Å². The SMILES string of the molecule is CC(C)CP(C(C)C)N1C2=N[C@@H](C)CCN2CC[C@@H]1C. The molecule has 0 radical (unpaired) electrons. The first kappa shape index (κ1) is 16.1. The summed E-state index contributed by atoms with van der Waals surface area (Å²) in [6.45, 7) is 16.6. The van der Waals surface area contributed by atoms with E-state index in [0.717, 1.165) is 11.6 Å². The first-order chi connectivity index (χ1) is 9.40. The fourth-order valence-electron chi connectivity index (χ4n) is 3.15. The third-order valence-electron chi connectivity index (χ3n) is 4.30. The predicted octanol–water partition coefficient (Wildman–Crippen LogP) is 3.99. The quantitative estimate of drug-likeness (QED) is 0.731. The molecule has 116 valence electrons. The van der Waals surface area contributed by atoms with Gasteiger partial charge in [-0.2, -0.15) is 0 Å². The summed E-state index contributed by atoms with van der Waals surface area (Å²) in [5, 5.41) is 0. The van der Waals surface area contributed by atoms with Crippen molar-refractivity contribution in [2.75, 3.05) is 19.3 Å². The van der Waals surface area contributed by atoms with E-state index in [1.54, 1.807) is 0 Å². The highest BCUT2D eigenvalue weighted by Gasteiger charge is 2.37. The molecule has 2 rings (SSSR count). The van der Waals surface area contributed by atoms with Crippen molar-refractivity contribution in [1.29, 1.82) is 0 Å². The van der Waals surface area contributed by atoms with Crippen LogP contribution in [0.4, 0.5) is 0 Å². The van der Waals surface area contributed by atoms with Gasteiger partial charge in [-0.15, -0.1) is 0 Å². The Bertz CT molecular complexity index is 354. The summed E-state index contributed by atoms with van der Waals surface area (Å²) in [7, 11) is -0.118. The van der Waals surface area contributed by atoms with Gasteiger partial charge in [0.1, 0.15) is 0 Å². The molecule has 0 spiro atoms. The third-order valence-corrected chi connectivity index (χ3v) is 7.72. The van der Waals surface area contributed by atoms with Crippen molar-refractivity contribution in [3.8, 4) is 0 Å². The van der Waals surface area contributed by atoms with Gasteiger partial charge in [-0.1, -0.05) is 27.7 Å². The van der Waals surface area contributed by atoms with Crippen LogP contribution in [0.2, 0.25) is 0 Å². The summed E-state index contributed by atoms with van der Waals surface area (Å²) in [5.74, 6) is 2.09. The van der Waals surface area contributed by atoms with Crippen molar-refractivity contribution in [3.05, 3.63) is 0 Å². The zero-order valence-corrected chi connectivity index (χ0v) is 15.0. The minimum atomic E-state index is -0.118. The predicted molar refractivity (Wildman–Crippen MR) is 90.8 cm³/mol. The van der Waals surface area contributed by atoms with Crippen LogP contribution in [0.25, 0.3) is 0 Å². The van der Waals surface area contributed by atoms with Crippen LogP contribution in [0, 0.1) is 5.92 Å². The van der Waals surface area contributed by atoms with E-state index in [1.165, 1.54) is 38.1 Å². The lowest BCUT2D eigenvalue weighted by molar-refractivity contribution is 0.250. The van der Waals surface area contributed by atoms with Crippen molar-refractivity contribution < 1.29 is 0 Å². The fourth-order valence-corrected chi connectivity index (χ4v) is 6.03. The molecule has 2 aliphatic heterocycles. The van der Waals surface area contributed by atoms with Crippen LogP contribution >= 0.6 is 8.07 Å². The second kappa shape index (κ2) is 6.64. The van der Waals surface area contributed by atoms with Crippen LogP contribution in [0.3, 0.4) is 0 Å². The number of fused-ring (bicyclic) bond motifs is 1. The molecule has 0 aromatic heterocycles. The largest absolute Gasteiger partial charge is 0.342 e. The number of hydrogen-bond donors (Lipinski definition) is 0. The maximum Gasteiger partial charge on any atom is 0.200 e. The number of nitrogens with zero attached hydrogens (tertiary/aromatic N) is 3. The molecule has 0 amide bonds. The zero-order valence-electron chi connectivity index (χ0n) is 14.1. The van der Waals surface area contributed by atoms with Crippen LogP contribution in [-0.2, 0) is 0 Å². The maximum atomic E-state index is 5.03. The molecule has 1 saturated heterocycles. The van der Waals surface area contributed by atoms with E-state index in [0.29, 0.717) is 12.1 Å². The highest BCUT2D eigenvalue weighted by atomic mass is 31.1. The Balaban J connectivity index is 2.28. The number of hydrogen-bond acceptors (Lipinski definition) is 3. The van der Waals surface area contributed by atoms with Gasteiger partial charge in [-0.3, -0.25) is 0 Å². The maximum absolute atomic E-state index is 5.03. The summed E-state index contributed by atoms with van der Waals surface area (Å²) >= 11 is 0. The van der Waals surface area contributed by atoms with Crippen molar-refractivity contribution in [2.24, 2.45) is 10.9 Å². The van der Waals surface area contributed by atoms with Gasteiger partial charge in [0.2, 0.25) is 0 Å². The monoisotopic (exact) mass is 297 g/mol. The average molecular weight is 297 g/mol. The van der Waals surface area contributed by atoms with Crippen LogP contribution in [0.1, 0.15) is 54.4 Å². The lowest BCUT2D eigenvalue weighted by atomic mass is 10.1. The van der Waals surface area contributed by atoms with Gasteiger partial charge in [0.15, 0.2) is 5.96 Å². The summed E-state index contributed by atoms with van der Waals surface area (Å²) in [6, 6.07) is 1.15. The molecule has 0 bridgehead atoms. The highest BCUT2D eigenvalue weighted by Crippen LogP contribution is 2.50. The Hall–Kier alpha value is -0.300. The van der Waals surface area contributed by atoms with Gasteiger partial charge in [-0.05, 0) is 52.5 Å². The number of aliphatic imine (C=N–C) groups is 1. The lowest BCUT2D eigenvalue weighted by Crippen LogP contribution is -2.55. The van der Waals surface area contributed by atoms with Gasteiger partial charge in [-0.25, -0.2) is 4.99 Å². The number of guanidine groups is 1. The molecule has 0 aromatic carbocycles. The summed E-state index contributed by atoms with van der Waals surface area (Å²) in [5.41, 5.74) is 0.745. The minimum Gasteiger partial charge on any atom is -0.342 e. The van der Waals surface area contributed by atoms with E-state index in [4.69, 9.17) is 4.99 Å². The molecule has 2 heterocycles. The van der Waals surface area contributed by atoms with Crippen LogP contribution in [0.15, 0.2) is 4.99 Å². The topological polar surface area (TPSA) is 18.8 Å². The molecule has 3 nitrogen and oxygen atoms in total. The molecule has 1 fully saturated rings. The Labute approximate surface area is 126 Å². The van der Waals surface area contributed by atoms with E-state index in [2.05, 4.69) is 51.1 Å². The van der Waals surface area contributed by atoms with Crippen molar-refractivity contribution >= 4 is 14.0 Å².